The van der Waals surface area contributed by atoms with E-state index in [0.717, 1.165) is 7.11 Å². The zero-order chi connectivity index (χ0) is 22.9. The number of alkyl halides is 1. The van der Waals surface area contributed by atoms with Gasteiger partial charge in [-0.2, -0.15) is 5.26 Å². The van der Waals surface area contributed by atoms with E-state index >= 15 is 0 Å². The Balaban J connectivity index is 2.33. The van der Waals surface area contributed by atoms with Crippen molar-refractivity contribution >= 4 is 46.9 Å². The molecule has 2 atom stereocenters. The Bertz CT molecular complexity index is 1040. The molecular formula is C19H17Cl2FN4O4S. The number of allylic oxidation sites excluding steroid dienone is 1. The topological polar surface area (TPSA) is 106 Å². The molecule has 2 unspecified atom stereocenters. The number of carboxylic acids is 1. The maximum atomic E-state index is 14.1. The standard InChI is InChI=1S/C19H17Cl2FN4O4S/c1-25-8-31-17(26(25)7-23)16-14(18(27)28)12(9-4-3-5-10(20)15(9)21)13(19(29)30-2)11(6-22)24-16/h3-5,12,17,24H,6,8H2,1-2H3,(H,27,28). The van der Waals surface area contributed by atoms with Crippen molar-refractivity contribution in [3.05, 3.63) is 56.3 Å². The molecule has 0 aromatic heterocycles. The maximum Gasteiger partial charge on any atom is 0.336 e. The summed E-state index contributed by atoms with van der Waals surface area (Å²) < 4.78 is 18.9. The lowest BCUT2D eigenvalue weighted by Crippen LogP contribution is -2.43. The van der Waals surface area contributed by atoms with Crippen molar-refractivity contribution in [2.24, 2.45) is 0 Å². The molecule has 1 aromatic carbocycles. The molecule has 164 valence electrons. The molecule has 8 nitrogen and oxygen atoms in total. The second-order valence-electron chi connectivity index (χ2n) is 6.60. The SMILES string of the molecule is COC(=O)C1=C(CF)NC(C2SCN(C)N2C#N)=C(C(=O)O)C1c1cccc(Cl)c1Cl. The summed E-state index contributed by atoms with van der Waals surface area (Å²) >= 11 is 13.8. The number of methoxy groups -OCH3 is 1. The Morgan fingerprint density at radius 1 is 1.42 bits per heavy atom. The quantitative estimate of drug-likeness (QED) is 0.479. The fourth-order valence-corrected chi connectivity index (χ4v) is 5.14. The summed E-state index contributed by atoms with van der Waals surface area (Å²) in [5.74, 6) is -3.15. The van der Waals surface area contributed by atoms with Crippen molar-refractivity contribution in [3.8, 4) is 6.19 Å². The zero-order valence-electron chi connectivity index (χ0n) is 16.4. The number of esters is 1. The highest BCUT2D eigenvalue weighted by atomic mass is 35.5. The van der Waals surface area contributed by atoms with E-state index in [1.807, 2.05) is 6.19 Å². The van der Waals surface area contributed by atoms with Gasteiger partial charge >= 0.3 is 11.9 Å². The summed E-state index contributed by atoms with van der Waals surface area (Å²) in [6.45, 7) is -1.10. The van der Waals surface area contributed by atoms with Crippen molar-refractivity contribution in [1.29, 1.82) is 5.26 Å². The van der Waals surface area contributed by atoms with Crippen LogP contribution in [0.5, 0.6) is 0 Å². The molecular weight excluding hydrogens is 470 g/mol. The number of ether oxygens (including phenoxy) is 1. The summed E-state index contributed by atoms with van der Waals surface area (Å²) in [7, 11) is 2.78. The third kappa shape index (κ3) is 4.06. The Morgan fingerprint density at radius 3 is 2.71 bits per heavy atom. The van der Waals surface area contributed by atoms with Crippen LogP contribution in [0.15, 0.2) is 40.7 Å². The van der Waals surface area contributed by atoms with Crippen LogP contribution >= 0.6 is 35.0 Å². The predicted octanol–water partition coefficient (Wildman–Crippen LogP) is 3.08. The molecule has 3 rings (SSSR count). The van der Waals surface area contributed by atoms with Gasteiger partial charge < -0.3 is 15.2 Å². The number of hydrogen-bond acceptors (Lipinski definition) is 8. The van der Waals surface area contributed by atoms with Gasteiger partial charge in [0.15, 0.2) is 6.19 Å². The van der Waals surface area contributed by atoms with Crippen molar-refractivity contribution in [2.45, 2.75) is 11.3 Å². The number of nitrogens with zero attached hydrogens (tertiary/aromatic N) is 3. The number of rotatable bonds is 5. The minimum atomic E-state index is -1.36. The average Bonchev–Trinajstić information content (AvgIpc) is 3.13. The van der Waals surface area contributed by atoms with E-state index in [-0.39, 0.29) is 38.1 Å². The number of nitriles is 1. The Labute approximate surface area is 191 Å². The van der Waals surface area contributed by atoms with E-state index in [0.29, 0.717) is 5.88 Å². The molecule has 0 amide bonds. The summed E-state index contributed by atoms with van der Waals surface area (Å²) in [5, 5.41) is 24.7. The predicted molar refractivity (Wildman–Crippen MR) is 113 cm³/mol. The lowest BCUT2D eigenvalue weighted by Gasteiger charge is -2.34. The van der Waals surface area contributed by atoms with Gasteiger partial charge in [-0.25, -0.2) is 24.0 Å². The third-order valence-corrected chi connectivity index (χ3v) is 7.01. The Hall–Kier alpha value is -2.45. The van der Waals surface area contributed by atoms with Gasteiger partial charge in [0.1, 0.15) is 12.0 Å². The molecule has 12 heteroatoms. The fraction of sp³-hybridized carbons (Fsp3) is 0.316. The van der Waals surface area contributed by atoms with E-state index < -0.39 is 29.9 Å². The molecule has 0 spiro atoms. The molecule has 1 aromatic rings. The molecule has 0 bridgehead atoms. The lowest BCUT2D eigenvalue weighted by molar-refractivity contribution is -0.136. The summed E-state index contributed by atoms with van der Waals surface area (Å²) in [6, 6.07) is 4.57. The van der Waals surface area contributed by atoms with Crippen LogP contribution in [0.2, 0.25) is 10.0 Å². The summed E-state index contributed by atoms with van der Waals surface area (Å²) in [5.41, 5.74) is -0.368. The normalized spacial score (nSPS) is 21.7. The molecule has 0 radical (unpaired) electrons. The first-order valence-corrected chi connectivity index (χ1v) is 10.6. The molecule has 0 aliphatic carbocycles. The first-order chi connectivity index (χ1) is 14.8. The van der Waals surface area contributed by atoms with Crippen LogP contribution in [0.3, 0.4) is 0 Å². The first-order valence-electron chi connectivity index (χ1n) is 8.83. The van der Waals surface area contributed by atoms with Gasteiger partial charge in [-0.15, -0.1) is 11.8 Å². The number of thioether (sulfide) groups is 1. The number of dihydropyridines is 1. The molecule has 1 saturated heterocycles. The highest BCUT2D eigenvalue weighted by Gasteiger charge is 2.45. The Morgan fingerprint density at radius 2 is 2.13 bits per heavy atom. The van der Waals surface area contributed by atoms with Gasteiger partial charge in [-0.05, 0) is 11.6 Å². The van der Waals surface area contributed by atoms with Gasteiger partial charge in [0, 0.05) is 7.05 Å². The molecule has 2 aliphatic rings. The van der Waals surface area contributed by atoms with Crippen LogP contribution < -0.4 is 5.32 Å². The number of halogens is 3. The number of carboxylic acid groups (broad SMARTS) is 1. The largest absolute Gasteiger partial charge is 0.478 e. The molecule has 0 saturated carbocycles. The molecule has 1 fully saturated rings. The van der Waals surface area contributed by atoms with Gasteiger partial charge in [0.05, 0.1) is 51.5 Å². The Kier molecular flexibility index (Phi) is 7.01. The van der Waals surface area contributed by atoms with E-state index in [1.54, 1.807) is 18.1 Å². The smallest absolute Gasteiger partial charge is 0.336 e. The fourth-order valence-electron chi connectivity index (χ4n) is 3.54. The number of nitrogens with one attached hydrogen (secondary N) is 1. The highest BCUT2D eigenvalue weighted by Crippen LogP contribution is 2.46. The van der Waals surface area contributed by atoms with Crippen molar-refractivity contribution in [2.75, 3.05) is 26.7 Å². The van der Waals surface area contributed by atoms with Crippen LogP contribution in [0.25, 0.3) is 0 Å². The van der Waals surface area contributed by atoms with Gasteiger partial charge in [-0.3, -0.25) is 0 Å². The summed E-state index contributed by atoms with van der Waals surface area (Å²) in [4.78, 5) is 25.1. The van der Waals surface area contributed by atoms with E-state index in [9.17, 15) is 24.3 Å². The molecule has 2 aliphatic heterocycles. The average molecular weight is 487 g/mol. The maximum absolute atomic E-state index is 14.1. The van der Waals surface area contributed by atoms with Crippen LogP contribution in [0.4, 0.5) is 4.39 Å². The second-order valence-corrected chi connectivity index (χ2v) is 8.42. The van der Waals surface area contributed by atoms with Crippen LogP contribution in [0, 0.1) is 11.5 Å². The van der Waals surface area contributed by atoms with Gasteiger partial charge in [0.2, 0.25) is 0 Å². The second kappa shape index (κ2) is 9.36. The van der Waals surface area contributed by atoms with Crippen LogP contribution in [-0.4, -0.2) is 59.1 Å². The number of carbonyl (C=O) groups is 2. The van der Waals surface area contributed by atoms with Gasteiger partial charge in [0.25, 0.3) is 0 Å². The number of hydrazine groups is 1. The molecule has 31 heavy (non-hydrogen) atoms. The number of aliphatic carboxylic acids is 1. The number of carbonyl (C=O) groups excluding carboxylic acids is 1. The van der Waals surface area contributed by atoms with Crippen molar-refractivity contribution < 1.29 is 23.8 Å². The number of benzene rings is 1. The van der Waals surface area contributed by atoms with E-state index in [2.05, 4.69) is 5.32 Å². The minimum Gasteiger partial charge on any atom is -0.478 e. The lowest BCUT2D eigenvalue weighted by atomic mass is 9.80. The minimum absolute atomic E-state index is 0.0297. The highest BCUT2D eigenvalue weighted by molar-refractivity contribution is 8.00. The third-order valence-electron chi connectivity index (χ3n) is 4.90. The van der Waals surface area contributed by atoms with Crippen LogP contribution in [-0.2, 0) is 14.3 Å². The monoisotopic (exact) mass is 486 g/mol. The van der Waals surface area contributed by atoms with E-state index in [1.165, 1.54) is 28.9 Å². The van der Waals surface area contributed by atoms with Gasteiger partial charge in [-0.1, -0.05) is 35.3 Å². The zero-order valence-corrected chi connectivity index (χ0v) is 18.7. The molecule has 2 heterocycles. The number of hydrogen-bond donors (Lipinski definition) is 2. The van der Waals surface area contributed by atoms with Crippen molar-refractivity contribution in [3.63, 3.8) is 0 Å². The molecule has 2 N–H and O–H groups in total. The van der Waals surface area contributed by atoms with Crippen molar-refractivity contribution in [1.82, 2.24) is 15.3 Å². The van der Waals surface area contributed by atoms with E-state index in [4.69, 9.17) is 27.9 Å². The van der Waals surface area contributed by atoms with Crippen LogP contribution in [0.1, 0.15) is 11.5 Å². The first kappa shape index (κ1) is 23.2. The summed E-state index contributed by atoms with van der Waals surface area (Å²) in [6.07, 6.45) is 2.00.